The van der Waals surface area contributed by atoms with Crippen LogP contribution >= 0.6 is 0 Å². The summed E-state index contributed by atoms with van der Waals surface area (Å²) in [6, 6.07) is 4.16. The van der Waals surface area contributed by atoms with Crippen molar-refractivity contribution < 1.29 is 4.42 Å². The van der Waals surface area contributed by atoms with Gasteiger partial charge >= 0.3 is 0 Å². The third-order valence-electron chi connectivity index (χ3n) is 4.82. The minimum atomic E-state index is -0.555. The normalized spacial score (nSPS) is 22.0. The number of nitrogens with two attached hydrogens (primary N) is 1. The van der Waals surface area contributed by atoms with Crippen LogP contribution in [0.25, 0.3) is 0 Å². The Labute approximate surface area is 150 Å². The maximum atomic E-state index is 6.61. The van der Waals surface area contributed by atoms with Gasteiger partial charge in [0.25, 0.3) is 0 Å². The first-order valence-corrected chi connectivity index (χ1v) is 8.94. The monoisotopic (exact) mass is 340 g/mol. The zero-order valence-corrected chi connectivity index (χ0v) is 15.1. The highest BCUT2D eigenvalue weighted by Gasteiger charge is 2.38. The molecule has 2 aliphatic rings. The van der Waals surface area contributed by atoms with E-state index in [4.69, 9.17) is 10.3 Å². The van der Waals surface area contributed by atoms with E-state index in [9.17, 15) is 0 Å². The molecule has 0 saturated heterocycles. The summed E-state index contributed by atoms with van der Waals surface area (Å²) in [7, 11) is 0. The van der Waals surface area contributed by atoms with E-state index < -0.39 is 5.79 Å². The van der Waals surface area contributed by atoms with Crippen LogP contribution in [0.3, 0.4) is 0 Å². The highest BCUT2D eigenvalue weighted by molar-refractivity contribution is 5.23. The maximum Gasteiger partial charge on any atom is 0.179 e. The number of nitrogens with one attached hydrogen (secondary N) is 1. The molecule has 1 aromatic rings. The molecular formula is C20H28N4O. The van der Waals surface area contributed by atoms with Crippen molar-refractivity contribution in [1.29, 1.82) is 0 Å². The molecular weight excluding hydrogens is 312 g/mol. The van der Waals surface area contributed by atoms with E-state index in [1.165, 1.54) is 0 Å². The van der Waals surface area contributed by atoms with Crippen LogP contribution in [-0.2, 0) is 6.42 Å². The van der Waals surface area contributed by atoms with Crippen LogP contribution in [0.2, 0.25) is 0 Å². The summed E-state index contributed by atoms with van der Waals surface area (Å²) < 4.78 is 5.45. The van der Waals surface area contributed by atoms with E-state index in [1.54, 1.807) is 6.26 Å². The summed E-state index contributed by atoms with van der Waals surface area (Å²) in [6.45, 7) is 5.05. The zero-order chi connectivity index (χ0) is 17.7. The molecule has 0 bridgehead atoms. The molecule has 0 saturated carbocycles. The minimum absolute atomic E-state index is 0.241. The first-order chi connectivity index (χ1) is 12.1. The van der Waals surface area contributed by atoms with Gasteiger partial charge in [-0.05, 0) is 51.0 Å². The lowest BCUT2D eigenvalue weighted by atomic mass is 10.1. The highest BCUT2D eigenvalue weighted by atomic mass is 16.3. The van der Waals surface area contributed by atoms with Crippen molar-refractivity contribution in [2.45, 2.75) is 44.9 Å². The fourth-order valence-electron chi connectivity index (χ4n) is 3.35. The maximum absolute atomic E-state index is 6.61. The average Bonchev–Trinajstić information content (AvgIpc) is 3.15. The summed E-state index contributed by atoms with van der Waals surface area (Å²) in [5.74, 6) is 7.02. The van der Waals surface area contributed by atoms with Crippen molar-refractivity contribution in [2.75, 3.05) is 6.54 Å². The van der Waals surface area contributed by atoms with Gasteiger partial charge in [0, 0.05) is 25.2 Å². The Kier molecular flexibility index (Phi) is 5.46. The van der Waals surface area contributed by atoms with Crippen molar-refractivity contribution in [3.8, 4) is 0 Å². The van der Waals surface area contributed by atoms with E-state index >= 15 is 0 Å². The predicted molar refractivity (Wildman–Crippen MR) is 101 cm³/mol. The van der Waals surface area contributed by atoms with Crippen molar-refractivity contribution in [3.05, 3.63) is 72.5 Å². The summed E-state index contributed by atoms with van der Waals surface area (Å²) in [4.78, 5) is 2.25. The quantitative estimate of drug-likeness (QED) is 0.453. The molecule has 0 fully saturated rings. The third-order valence-corrected chi connectivity index (χ3v) is 4.82. The second-order valence-corrected chi connectivity index (χ2v) is 6.63. The number of hydrogen-bond acceptors (Lipinski definition) is 5. The van der Waals surface area contributed by atoms with Gasteiger partial charge in [-0.25, -0.2) is 5.84 Å². The molecule has 0 radical (unpaired) electrons. The number of hydrogen-bond donors (Lipinski definition) is 2. The molecule has 0 spiro atoms. The van der Waals surface area contributed by atoms with Crippen LogP contribution in [-0.4, -0.2) is 28.3 Å². The Bertz CT molecular complexity index is 674. The second kappa shape index (κ2) is 7.76. The van der Waals surface area contributed by atoms with Crippen LogP contribution in [0.1, 0.15) is 32.4 Å². The molecule has 2 unspecified atom stereocenters. The molecule has 3 rings (SSSR count). The number of allylic oxidation sites excluding steroid dienone is 5. The van der Waals surface area contributed by atoms with E-state index in [0.717, 1.165) is 37.3 Å². The van der Waals surface area contributed by atoms with Crippen LogP contribution in [0.4, 0.5) is 0 Å². The Morgan fingerprint density at radius 1 is 1.40 bits per heavy atom. The van der Waals surface area contributed by atoms with E-state index in [0.29, 0.717) is 0 Å². The first kappa shape index (κ1) is 17.6. The lowest BCUT2D eigenvalue weighted by Crippen LogP contribution is -2.69. The fourth-order valence-corrected chi connectivity index (χ4v) is 3.35. The molecule has 0 aromatic carbocycles. The Balaban J connectivity index is 1.79. The van der Waals surface area contributed by atoms with Gasteiger partial charge in [-0.1, -0.05) is 24.3 Å². The molecule has 5 heteroatoms. The van der Waals surface area contributed by atoms with E-state index in [-0.39, 0.29) is 6.04 Å². The lowest BCUT2D eigenvalue weighted by Gasteiger charge is -2.50. The molecule has 2 atom stereocenters. The Hall–Kier alpha value is -2.24. The summed E-state index contributed by atoms with van der Waals surface area (Å²) in [6.07, 6.45) is 19.5. The van der Waals surface area contributed by atoms with Gasteiger partial charge in [0.05, 0.1) is 12.0 Å². The standard InChI is InChI=1S/C20H28N4O/c1-17-9-6-7-15-23(17)20(2,22-14-13-19-12-8-16-25-19)24(21)18-10-4-3-5-11-18/h4,6-12,15-17,22H,3,5,13-14,21H2,1-2H3. The molecule has 134 valence electrons. The molecule has 1 aliphatic heterocycles. The lowest BCUT2D eigenvalue weighted by molar-refractivity contribution is -0.0340. The van der Waals surface area contributed by atoms with Crippen molar-refractivity contribution in [3.63, 3.8) is 0 Å². The number of nitrogens with zero attached hydrogens (tertiary/aromatic N) is 2. The van der Waals surface area contributed by atoms with Crippen molar-refractivity contribution >= 4 is 0 Å². The molecule has 25 heavy (non-hydrogen) atoms. The molecule has 5 nitrogen and oxygen atoms in total. The average molecular weight is 340 g/mol. The summed E-state index contributed by atoms with van der Waals surface area (Å²) in [5, 5.41) is 5.48. The Morgan fingerprint density at radius 2 is 2.28 bits per heavy atom. The molecule has 1 aromatic heterocycles. The van der Waals surface area contributed by atoms with E-state index in [1.807, 2.05) is 23.2 Å². The fraction of sp³-hybridized carbons (Fsp3) is 0.400. The molecule has 1 aliphatic carbocycles. The summed E-state index contributed by atoms with van der Waals surface area (Å²) in [5.41, 5.74) is 1.04. The number of furan rings is 1. The van der Waals surface area contributed by atoms with Gasteiger partial charge in [-0.15, -0.1) is 0 Å². The van der Waals surface area contributed by atoms with Gasteiger partial charge in [0.1, 0.15) is 5.76 Å². The second-order valence-electron chi connectivity index (χ2n) is 6.63. The van der Waals surface area contributed by atoms with Gasteiger partial charge in [-0.3, -0.25) is 10.3 Å². The van der Waals surface area contributed by atoms with Gasteiger partial charge in [0.15, 0.2) is 5.79 Å². The number of hydrazine groups is 1. The van der Waals surface area contributed by atoms with Crippen LogP contribution in [0.15, 0.2) is 71.2 Å². The Morgan fingerprint density at radius 3 is 2.96 bits per heavy atom. The van der Waals surface area contributed by atoms with E-state index in [2.05, 4.69) is 60.6 Å². The minimum Gasteiger partial charge on any atom is -0.469 e. The highest BCUT2D eigenvalue weighted by Crippen LogP contribution is 2.26. The van der Waals surface area contributed by atoms with Gasteiger partial charge in [0.2, 0.25) is 0 Å². The predicted octanol–water partition coefficient (Wildman–Crippen LogP) is 3.27. The van der Waals surface area contributed by atoms with Gasteiger partial charge in [-0.2, -0.15) is 0 Å². The summed E-state index contributed by atoms with van der Waals surface area (Å²) >= 11 is 0. The van der Waals surface area contributed by atoms with Crippen LogP contribution in [0.5, 0.6) is 0 Å². The van der Waals surface area contributed by atoms with Crippen molar-refractivity contribution in [1.82, 2.24) is 15.2 Å². The van der Waals surface area contributed by atoms with Gasteiger partial charge < -0.3 is 9.32 Å². The zero-order valence-electron chi connectivity index (χ0n) is 15.1. The topological polar surface area (TPSA) is 57.7 Å². The SMILES string of the molecule is CC1C=CC=CN1C(C)(NCCc1ccco1)N(N)C1=CCCC=C1. The third kappa shape index (κ3) is 3.89. The van der Waals surface area contributed by atoms with Crippen molar-refractivity contribution in [2.24, 2.45) is 5.84 Å². The molecule has 0 amide bonds. The molecule has 2 heterocycles. The first-order valence-electron chi connectivity index (χ1n) is 8.94. The largest absolute Gasteiger partial charge is 0.469 e. The molecule has 3 N–H and O–H groups in total. The smallest absolute Gasteiger partial charge is 0.179 e. The number of rotatable bonds is 7. The van der Waals surface area contributed by atoms with Crippen LogP contribution in [0, 0.1) is 0 Å². The van der Waals surface area contributed by atoms with Crippen LogP contribution < -0.4 is 11.2 Å².